The van der Waals surface area contributed by atoms with Crippen LogP contribution in [0.3, 0.4) is 0 Å². The summed E-state index contributed by atoms with van der Waals surface area (Å²) in [4.78, 5) is 47.7. The molecule has 2 heterocycles. The first-order chi connectivity index (χ1) is 20.9. The number of aromatic nitrogens is 3. The van der Waals surface area contributed by atoms with Gasteiger partial charge in [0, 0.05) is 25.8 Å². The number of nitrogens with one attached hydrogen (secondary N) is 2. The molecule has 11 nitrogen and oxygen atoms in total. The van der Waals surface area contributed by atoms with Crippen molar-refractivity contribution in [3.63, 3.8) is 0 Å². The lowest BCUT2D eigenvalue weighted by Gasteiger charge is -2.23. The van der Waals surface area contributed by atoms with Gasteiger partial charge in [0.15, 0.2) is 17.9 Å². The minimum Gasteiger partial charge on any atom is -0.480 e. The topological polar surface area (TPSA) is 164 Å². The van der Waals surface area contributed by atoms with Crippen molar-refractivity contribution in [1.29, 1.82) is 0 Å². The van der Waals surface area contributed by atoms with E-state index in [0.717, 1.165) is 43.4 Å². The zero-order chi connectivity index (χ0) is 30.4. The van der Waals surface area contributed by atoms with Crippen LogP contribution in [0.1, 0.15) is 49.9 Å². The van der Waals surface area contributed by atoms with E-state index in [1.54, 1.807) is 6.20 Å². The van der Waals surface area contributed by atoms with Crippen molar-refractivity contribution in [1.82, 2.24) is 20.3 Å². The molecule has 43 heavy (non-hydrogen) atoms. The molecule has 0 fully saturated rings. The number of benzene rings is 2. The van der Waals surface area contributed by atoms with Crippen LogP contribution >= 0.6 is 0 Å². The molecule has 4 N–H and O–H groups in total. The van der Waals surface area contributed by atoms with Crippen molar-refractivity contribution in [2.45, 2.75) is 63.6 Å². The average molecular weight is 591 g/mol. The summed E-state index contributed by atoms with van der Waals surface area (Å²) in [6.07, 6.45) is 4.75. The minimum absolute atomic E-state index is 0.117. The second kappa shape index (κ2) is 16.3. The molecule has 0 aliphatic heterocycles. The Bertz CT molecular complexity index is 1470. The lowest BCUT2D eigenvalue weighted by molar-refractivity contribution is -0.172. The number of aromatic amines is 1. The summed E-state index contributed by atoms with van der Waals surface area (Å²) in [7, 11) is 0. The zero-order valence-corrected chi connectivity index (χ0v) is 24.0. The number of pyridine rings is 1. The molecule has 11 heteroatoms. The lowest BCUT2D eigenvalue weighted by atomic mass is 10.0. The quantitative estimate of drug-likeness (QED) is 0.117. The number of hydrogen-bond acceptors (Lipinski definition) is 7. The number of imidazole rings is 1. The number of aliphatic carboxylic acids is 2. The fourth-order valence-corrected chi connectivity index (χ4v) is 4.88. The predicted octanol–water partition coefficient (Wildman–Crippen LogP) is 4.29. The highest BCUT2D eigenvalue weighted by molar-refractivity contribution is 5.88. The molecule has 2 aromatic carbocycles. The molecule has 4 aromatic rings. The van der Waals surface area contributed by atoms with Gasteiger partial charge in [0.05, 0.1) is 5.52 Å². The summed E-state index contributed by atoms with van der Waals surface area (Å²) in [6.45, 7) is -0.398. The van der Waals surface area contributed by atoms with Crippen molar-refractivity contribution in [2.75, 3.05) is 19.8 Å². The van der Waals surface area contributed by atoms with Crippen LogP contribution in [0.25, 0.3) is 21.9 Å². The van der Waals surface area contributed by atoms with Crippen LogP contribution in [0.4, 0.5) is 0 Å². The number of fused-ring (bicyclic) bond motifs is 2. The Labute approximate surface area is 249 Å². The van der Waals surface area contributed by atoms with Crippen LogP contribution < -0.4 is 5.32 Å². The number of aryl methyl sites for hydroxylation is 2. The molecular formula is C32H38N4O7. The molecule has 0 bridgehead atoms. The van der Waals surface area contributed by atoms with Gasteiger partial charge in [-0.15, -0.1) is 0 Å². The molecule has 0 aliphatic rings. The van der Waals surface area contributed by atoms with Crippen molar-refractivity contribution >= 4 is 39.8 Å². The zero-order valence-electron chi connectivity index (χ0n) is 24.0. The van der Waals surface area contributed by atoms with Crippen molar-refractivity contribution < 1.29 is 34.1 Å². The molecule has 2 atom stereocenters. The number of hydrogen-bond donors (Lipinski definition) is 4. The van der Waals surface area contributed by atoms with Gasteiger partial charge < -0.3 is 30.0 Å². The Morgan fingerprint density at radius 1 is 0.837 bits per heavy atom. The Hall–Kier alpha value is -4.35. The van der Waals surface area contributed by atoms with Gasteiger partial charge in [0.25, 0.3) is 5.91 Å². The van der Waals surface area contributed by atoms with Gasteiger partial charge >= 0.3 is 11.9 Å². The highest BCUT2D eigenvalue weighted by Gasteiger charge is 2.36. The van der Waals surface area contributed by atoms with E-state index in [9.17, 15) is 19.5 Å². The number of carbonyl (C=O) groups excluding carboxylic acids is 1. The van der Waals surface area contributed by atoms with Crippen LogP contribution in [0.2, 0.25) is 0 Å². The van der Waals surface area contributed by atoms with Crippen LogP contribution in [-0.4, -0.2) is 75.0 Å². The Balaban J connectivity index is 1.20. The number of carbonyl (C=O) groups is 3. The number of ether oxygens (including phenoxy) is 2. The number of rotatable bonds is 19. The molecule has 1 amide bonds. The molecule has 4 rings (SSSR count). The van der Waals surface area contributed by atoms with Gasteiger partial charge in [-0.2, -0.15) is 0 Å². The summed E-state index contributed by atoms with van der Waals surface area (Å²) in [5.74, 6) is -2.60. The Kier molecular flexibility index (Phi) is 12.0. The van der Waals surface area contributed by atoms with E-state index in [1.807, 2.05) is 24.3 Å². The van der Waals surface area contributed by atoms with E-state index in [-0.39, 0.29) is 6.61 Å². The summed E-state index contributed by atoms with van der Waals surface area (Å²) >= 11 is 0. The third-order valence-corrected chi connectivity index (χ3v) is 7.08. The number of carboxylic acids is 2. The highest BCUT2D eigenvalue weighted by atomic mass is 16.6. The first-order valence-electron chi connectivity index (χ1n) is 14.6. The smallest absolute Gasteiger partial charge is 0.336 e. The first-order valence-corrected chi connectivity index (χ1v) is 14.6. The number of amides is 1. The molecule has 0 aliphatic carbocycles. The molecule has 0 saturated heterocycles. The molecule has 228 valence electrons. The van der Waals surface area contributed by atoms with E-state index in [2.05, 4.69) is 50.6 Å². The van der Waals surface area contributed by atoms with Crippen LogP contribution in [-0.2, 0) is 36.7 Å². The monoisotopic (exact) mass is 590 g/mol. The van der Waals surface area contributed by atoms with Crippen molar-refractivity contribution in [3.05, 3.63) is 72.2 Å². The van der Waals surface area contributed by atoms with E-state index >= 15 is 0 Å². The molecule has 2 aromatic heterocycles. The summed E-state index contributed by atoms with van der Waals surface area (Å²) in [5.41, 5.74) is 2.80. The maximum absolute atomic E-state index is 13.0. The molecule has 0 saturated carbocycles. The standard InChI is InChI=1S/C32H38N4O7/c37-27(38)21-43-29(32(40)41)28(42-19-8-2-4-14-26-35-25-13-9-18-33-30(25)36-26)31(39)34-17-7-1-3-10-22-15-16-23-11-5-6-12-24(23)20-22/h5-6,9,11-13,15-16,18,20,28-29H,1-4,7-8,10,14,17,19,21H2,(H,34,39)(H,37,38)(H,40,41)(H,33,35,36). The van der Waals surface area contributed by atoms with Crippen molar-refractivity contribution in [3.8, 4) is 0 Å². The van der Waals surface area contributed by atoms with E-state index < -0.39 is 36.7 Å². The van der Waals surface area contributed by atoms with Gasteiger partial charge in [-0.05, 0) is 60.6 Å². The van der Waals surface area contributed by atoms with Gasteiger partial charge in [-0.1, -0.05) is 55.3 Å². The fraction of sp³-hybridized carbons (Fsp3) is 0.406. The Morgan fingerprint density at radius 3 is 2.42 bits per heavy atom. The summed E-state index contributed by atoms with van der Waals surface area (Å²) in [6, 6.07) is 18.4. The predicted molar refractivity (Wildman–Crippen MR) is 161 cm³/mol. The summed E-state index contributed by atoms with van der Waals surface area (Å²) < 4.78 is 10.7. The number of H-pyrrole nitrogens is 1. The molecule has 0 radical (unpaired) electrons. The third-order valence-electron chi connectivity index (χ3n) is 7.08. The number of unbranched alkanes of at least 4 members (excludes halogenated alkanes) is 4. The fourth-order valence-electron chi connectivity index (χ4n) is 4.88. The lowest BCUT2D eigenvalue weighted by Crippen LogP contribution is -2.49. The SMILES string of the molecule is O=C(O)COC(C(=O)O)C(OCCCCCc1nc2ncccc2[nH]1)C(=O)NCCCCCc1ccc2ccccc2c1. The third kappa shape index (κ3) is 9.86. The van der Waals surface area contributed by atoms with Crippen LogP contribution in [0.5, 0.6) is 0 Å². The number of carboxylic acid groups (broad SMARTS) is 2. The minimum atomic E-state index is -1.74. The second-order valence-electron chi connectivity index (χ2n) is 10.4. The van der Waals surface area contributed by atoms with Gasteiger partial charge in [0.1, 0.15) is 12.4 Å². The normalized spacial score (nSPS) is 12.7. The maximum atomic E-state index is 13.0. The molecular weight excluding hydrogens is 552 g/mol. The van der Waals surface area contributed by atoms with Crippen LogP contribution in [0.15, 0.2) is 60.8 Å². The van der Waals surface area contributed by atoms with E-state index in [4.69, 9.17) is 14.6 Å². The Morgan fingerprint density at radius 2 is 1.63 bits per heavy atom. The van der Waals surface area contributed by atoms with E-state index in [1.165, 1.54) is 16.3 Å². The highest BCUT2D eigenvalue weighted by Crippen LogP contribution is 2.17. The average Bonchev–Trinajstić information content (AvgIpc) is 3.42. The number of nitrogens with zero attached hydrogens (tertiary/aromatic N) is 2. The molecule has 0 spiro atoms. The first kappa shape index (κ1) is 31.6. The van der Waals surface area contributed by atoms with Gasteiger partial charge in [0.2, 0.25) is 0 Å². The largest absolute Gasteiger partial charge is 0.480 e. The van der Waals surface area contributed by atoms with Crippen molar-refractivity contribution in [2.24, 2.45) is 0 Å². The van der Waals surface area contributed by atoms with E-state index in [0.29, 0.717) is 31.5 Å². The molecule has 2 unspecified atom stereocenters. The van der Waals surface area contributed by atoms with Gasteiger partial charge in [-0.3, -0.25) is 4.79 Å². The van der Waals surface area contributed by atoms with Gasteiger partial charge in [-0.25, -0.2) is 19.6 Å². The maximum Gasteiger partial charge on any atom is 0.336 e. The van der Waals surface area contributed by atoms with Crippen LogP contribution in [0, 0.1) is 0 Å². The second-order valence-corrected chi connectivity index (χ2v) is 10.4. The summed E-state index contributed by atoms with van der Waals surface area (Å²) in [5, 5.41) is 23.8.